The SMILES string of the molecule is C=CCN1C(=O)[C@H](CCC(=O)NCC(=O)CCC(=O)OCC)S[C@@H](c2cccc(OC)c2OC)c2cc(Cl)ccc21. The number of rotatable bonds is 14. The second-order valence-corrected chi connectivity index (χ2v) is 10.9. The molecule has 1 N–H and O–H groups in total. The van der Waals surface area contributed by atoms with Gasteiger partial charge in [-0.25, -0.2) is 0 Å². The maximum Gasteiger partial charge on any atom is 0.306 e. The van der Waals surface area contributed by atoms with E-state index >= 15 is 0 Å². The largest absolute Gasteiger partial charge is 0.493 e. The van der Waals surface area contributed by atoms with Gasteiger partial charge in [-0.15, -0.1) is 18.3 Å². The number of para-hydroxylation sites is 1. The van der Waals surface area contributed by atoms with E-state index in [0.717, 1.165) is 11.1 Å². The van der Waals surface area contributed by atoms with Crippen LogP contribution in [-0.4, -0.2) is 62.7 Å². The monoisotopic (exact) mass is 602 g/mol. The van der Waals surface area contributed by atoms with Crippen LogP contribution in [0.2, 0.25) is 5.02 Å². The first-order valence-electron chi connectivity index (χ1n) is 13.3. The van der Waals surface area contributed by atoms with E-state index in [4.69, 9.17) is 25.8 Å². The number of Topliss-reactive ketones (excluding diaryl/α,β-unsaturated/α-hetero) is 1. The number of nitrogens with one attached hydrogen (secondary N) is 1. The third-order valence-electron chi connectivity index (χ3n) is 6.46. The van der Waals surface area contributed by atoms with E-state index in [1.54, 1.807) is 44.3 Å². The summed E-state index contributed by atoms with van der Waals surface area (Å²) >= 11 is 7.84. The average Bonchev–Trinajstić information content (AvgIpc) is 3.07. The minimum Gasteiger partial charge on any atom is -0.493 e. The third kappa shape index (κ3) is 8.27. The molecule has 11 heteroatoms. The number of amides is 2. The van der Waals surface area contributed by atoms with Crippen LogP contribution in [0.5, 0.6) is 11.5 Å². The van der Waals surface area contributed by atoms with Crippen molar-refractivity contribution in [3.05, 3.63) is 65.2 Å². The summed E-state index contributed by atoms with van der Waals surface area (Å²) < 4.78 is 16.1. The first-order valence-corrected chi connectivity index (χ1v) is 14.6. The number of esters is 1. The maximum absolute atomic E-state index is 13.9. The zero-order valence-corrected chi connectivity index (χ0v) is 25.0. The lowest BCUT2D eigenvalue weighted by molar-refractivity contribution is -0.144. The number of thioether (sulfide) groups is 1. The highest BCUT2D eigenvalue weighted by molar-refractivity contribution is 8.01. The molecule has 1 aliphatic rings. The summed E-state index contributed by atoms with van der Waals surface area (Å²) in [6.07, 6.45) is 1.85. The normalized spacial score (nSPS) is 16.3. The van der Waals surface area contributed by atoms with Gasteiger partial charge in [0.25, 0.3) is 0 Å². The third-order valence-corrected chi connectivity index (χ3v) is 8.24. The predicted octanol–water partition coefficient (Wildman–Crippen LogP) is 4.89. The molecule has 41 heavy (non-hydrogen) atoms. The molecular formula is C30H35ClN2O7S. The Balaban J connectivity index is 1.84. The molecule has 0 saturated heterocycles. The van der Waals surface area contributed by atoms with Gasteiger partial charge in [0.1, 0.15) is 0 Å². The van der Waals surface area contributed by atoms with Crippen LogP contribution in [0.25, 0.3) is 0 Å². The Morgan fingerprint density at radius 3 is 2.56 bits per heavy atom. The van der Waals surface area contributed by atoms with E-state index in [-0.39, 0.29) is 68.2 Å². The minimum atomic E-state index is -0.604. The van der Waals surface area contributed by atoms with Crippen molar-refractivity contribution < 1.29 is 33.4 Å². The molecule has 0 fully saturated rings. The van der Waals surface area contributed by atoms with Crippen LogP contribution in [-0.2, 0) is 23.9 Å². The lowest BCUT2D eigenvalue weighted by atomic mass is 10.00. The molecule has 3 rings (SSSR count). The number of halogens is 1. The molecule has 2 atom stereocenters. The van der Waals surface area contributed by atoms with Gasteiger partial charge in [-0.2, -0.15) is 0 Å². The van der Waals surface area contributed by atoms with E-state index < -0.39 is 11.2 Å². The number of ether oxygens (including phenoxy) is 3. The van der Waals surface area contributed by atoms with Gasteiger partial charge in [0, 0.05) is 35.7 Å². The van der Waals surface area contributed by atoms with Crippen LogP contribution < -0.4 is 19.7 Å². The quantitative estimate of drug-likeness (QED) is 0.240. The molecule has 0 saturated carbocycles. The summed E-state index contributed by atoms with van der Waals surface area (Å²) in [5.41, 5.74) is 2.32. The maximum atomic E-state index is 13.9. The van der Waals surface area contributed by atoms with E-state index in [9.17, 15) is 19.2 Å². The molecule has 2 aromatic carbocycles. The second kappa shape index (κ2) is 15.5. The number of anilines is 1. The second-order valence-electron chi connectivity index (χ2n) is 9.19. The number of hydrogen-bond donors (Lipinski definition) is 1. The van der Waals surface area contributed by atoms with Gasteiger partial charge in [0.2, 0.25) is 11.8 Å². The highest BCUT2D eigenvalue weighted by Gasteiger charge is 2.37. The number of fused-ring (bicyclic) bond motifs is 1. The molecule has 2 amide bonds. The van der Waals surface area contributed by atoms with E-state index in [1.807, 2.05) is 24.3 Å². The van der Waals surface area contributed by atoms with Gasteiger partial charge >= 0.3 is 5.97 Å². The Morgan fingerprint density at radius 1 is 1.10 bits per heavy atom. The van der Waals surface area contributed by atoms with Gasteiger partial charge in [-0.3, -0.25) is 19.2 Å². The fourth-order valence-corrected chi connectivity index (χ4v) is 6.22. The Morgan fingerprint density at radius 2 is 1.88 bits per heavy atom. The Labute approximate surface area is 249 Å². The number of nitrogens with zero attached hydrogens (tertiary/aromatic N) is 1. The van der Waals surface area contributed by atoms with E-state index in [2.05, 4.69) is 11.9 Å². The summed E-state index contributed by atoms with van der Waals surface area (Å²) in [6.45, 7) is 5.84. The summed E-state index contributed by atoms with van der Waals surface area (Å²) in [7, 11) is 3.12. The van der Waals surface area contributed by atoms with E-state index in [1.165, 1.54) is 11.8 Å². The smallest absolute Gasteiger partial charge is 0.306 e. The van der Waals surface area contributed by atoms with Crippen molar-refractivity contribution in [2.24, 2.45) is 0 Å². The molecule has 0 spiro atoms. The number of methoxy groups -OCH3 is 2. The van der Waals surface area contributed by atoms with Crippen LogP contribution in [0, 0.1) is 0 Å². The summed E-state index contributed by atoms with van der Waals surface area (Å²) in [5, 5.41) is 2.15. The molecule has 0 radical (unpaired) electrons. The highest BCUT2D eigenvalue weighted by Crippen LogP contribution is 2.51. The van der Waals surface area contributed by atoms with Crippen molar-refractivity contribution in [3.63, 3.8) is 0 Å². The van der Waals surface area contributed by atoms with Crippen LogP contribution in [0.4, 0.5) is 5.69 Å². The van der Waals surface area contributed by atoms with Crippen molar-refractivity contribution in [1.29, 1.82) is 0 Å². The van der Waals surface area contributed by atoms with Crippen molar-refractivity contribution in [2.45, 2.75) is 43.1 Å². The topological polar surface area (TPSA) is 111 Å². The number of benzene rings is 2. The molecule has 0 bridgehead atoms. The molecule has 1 heterocycles. The van der Waals surface area contributed by atoms with Crippen molar-refractivity contribution in [2.75, 3.05) is 38.8 Å². The summed E-state index contributed by atoms with van der Waals surface area (Å²) in [4.78, 5) is 51.8. The minimum absolute atomic E-state index is 0.0164. The molecule has 9 nitrogen and oxygen atoms in total. The Bertz CT molecular complexity index is 1290. The molecular weight excluding hydrogens is 568 g/mol. The standard InChI is InChI=1S/C30H35ClN2O7S/c1-5-16-33-23-12-10-19(31)17-22(23)29(21-8-7-9-24(38-3)28(21)39-4)41-25(30(33)37)13-14-26(35)32-18-20(34)11-15-27(36)40-6-2/h5,7-10,12,17,25,29H,1,6,11,13-16,18H2,2-4H3,(H,32,35)/t25-,29-/m0/s1. The van der Waals surface area contributed by atoms with Crippen molar-refractivity contribution in [1.82, 2.24) is 5.32 Å². The fourth-order valence-electron chi connectivity index (χ4n) is 4.55. The molecule has 2 aromatic rings. The number of ketones is 1. The number of hydrogen-bond acceptors (Lipinski definition) is 8. The van der Waals surface area contributed by atoms with Gasteiger partial charge < -0.3 is 24.4 Å². The van der Waals surface area contributed by atoms with Crippen LogP contribution >= 0.6 is 23.4 Å². The van der Waals surface area contributed by atoms with Crippen LogP contribution in [0.3, 0.4) is 0 Å². The summed E-state index contributed by atoms with van der Waals surface area (Å²) in [5.74, 6) is -0.164. The zero-order valence-electron chi connectivity index (χ0n) is 23.4. The van der Waals surface area contributed by atoms with Crippen molar-refractivity contribution in [3.8, 4) is 11.5 Å². The van der Waals surface area contributed by atoms with Gasteiger partial charge in [0.15, 0.2) is 17.3 Å². The van der Waals surface area contributed by atoms with Gasteiger partial charge in [-0.1, -0.05) is 29.8 Å². The molecule has 1 aliphatic heterocycles. The number of carbonyl (C=O) groups excluding carboxylic acids is 4. The fraction of sp³-hybridized carbons (Fsp3) is 0.400. The lowest BCUT2D eigenvalue weighted by Gasteiger charge is -2.24. The molecule has 220 valence electrons. The molecule has 0 aliphatic carbocycles. The van der Waals surface area contributed by atoms with Gasteiger partial charge in [-0.05, 0) is 43.2 Å². The van der Waals surface area contributed by atoms with E-state index in [0.29, 0.717) is 22.2 Å². The van der Waals surface area contributed by atoms with Crippen LogP contribution in [0.15, 0.2) is 49.1 Å². The first kappa shape index (κ1) is 32.0. The van der Waals surface area contributed by atoms with Gasteiger partial charge in [0.05, 0.1) is 44.3 Å². The number of carbonyl (C=O) groups is 4. The first-order chi connectivity index (χ1) is 19.7. The van der Waals surface area contributed by atoms with Crippen molar-refractivity contribution >= 4 is 52.6 Å². The highest BCUT2D eigenvalue weighted by atomic mass is 35.5. The Hall–Kier alpha value is -3.50. The molecule has 0 aromatic heterocycles. The molecule has 0 unspecified atom stereocenters. The zero-order chi connectivity index (χ0) is 29.9. The lowest BCUT2D eigenvalue weighted by Crippen LogP contribution is -2.38. The summed E-state index contributed by atoms with van der Waals surface area (Å²) in [6, 6.07) is 11.0. The predicted molar refractivity (Wildman–Crippen MR) is 160 cm³/mol. The Kier molecular flexibility index (Phi) is 12.1. The van der Waals surface area contributed by atoms with Crippen LogP contribution in [0.1, 0.15) is 49.0 Å². The average molecular weight is 603 g/mol.